The lowest BCUT2D eigenvalue weighted by Gasteiger charge is -2.40. The van der Waals surface area contributed by atoms with Gasteiger partial charge in [-0.1, -0.05) is 13.8 Å². The van der Waals surface area contributed by atoms with Crippen molar-refractivity contribution in [1.29, 1.82) is 0 Å². The molecule has 0 aromatic carbocycles. The minimum atomic E-state index is -1.44. The van der Waals surface area contributed by atoms with Crippen LogP contribution in [0, 0.1) is 0 Å². The number of nitrogens with one attached hydrogen (secondary N) is 1. The summed E-state index contributed by atoms with van der Waals surface area (Å²) in [6.07, 6.45) is -1.18. The number of hydrogen-bond acceptors (Lipinski definition) is 9. The maximum absolute atomic E-state index is 11.7. The van der Waals surface area contributed by atoms with Gasteiger partial charge in [0.15, 0.2) is 17.7 Å². The van der Waals surface area contributed by atoms with Crippen LogP contribution in [0.15, 0.2) is 0 Å². The number of rotatable bonds is 8. The molecule has 3 atom stereocenters. The van der Waals surface area contributed by atoms with Crippen LogP contribution in [0.1, 0.15) is 47.5 Å². The van der Waals surface area contributed by atoms with Crippen LogP contribution < -0.4 is 5.48 Å². The molecule has 25 heavy (non-hydrogen) atoms. The summed E-state index contributed by atoms with van der Waals surface area (Å²) in [6, 6.07) is 0. The van der Waals surface area contributed by atoms with E-state index in [-0.39, 0.29) is 6.61 Å². The fourth-order valence-electron chi connectivity index (χ4n) is 3.08. The normalized spacial score (nSPS) is 25.9. The maximum Gasteiger partial charge on any atom is 0.303 e. The van der Waals surface area contributed by atoms with Gasteiger partial charge in [0.05, 0.1) is 6.61 Å². The second-order valence-corrected chi connectivity index (χ2v) is 6.07. The van der Waals surface area contributed by atoms with Crippen molar-refractivity contribution in [2.24, 2.45) is 0 Å². The van der Waals surface area contributed by atoms with Crippen LogP contribution >= 0.6 is 0 Å². The van der Waals surface area contributed by atoms with Gasteiger partial charge in [0.2, 0.25) is 0 Å². The third kappa shape index (κ3) is 4.47. The van der Waals surface area contributed by atoms with E-state index in [4.69, 9.17) is 19.0 Å². The Morgan fingerprint density at radius 2 is 1.72 bits per heavy atom. The average Bonchev–Trinajstić information content (AvgIpc) is 2.85. The van der Waals surface area contributed by atoms with Crippen LogP contribution in [0.5, 0.6) is 0 Å². The molecule has 0 radical (unpaired) electrons. The highest BCUT2D eigenvalue weighted by Crippen LogP contribution is 2.42. The Labute approximate surface area is 146 Å². The van der Waals surface area contributed by atoms with Crippen molar-refractivity contribution < 1.29 is 38.5 Å². The van der Waals surface area contributed by atoms with E-state index < -0.39 is 47.9 Å². The molecular weight excluding hydrogens is 334 g/mol. The molecule has 0 bridgehead atoms. The second-order valence-electron chi connectivity index (χ2n) is 6.07. The van der Waals surface area contributed by atoms with E-state index in [0.717, 1.165) is 0 Å². The second kappa shape index (κ2) is 8.59. The fourth-order valence-corrected chi connectivity index (χ4v) is 3.08. The van der Waals surface area contributed by atoms with Gasteiger partial charge in [-0.25, -0.2) is 0 Å². The lowest BCUT2D eigenvalue weighted by Crippen LogP contribution is -2.65. The molecule has 0 amide bonds. The number of aliphatic hydroxyl groups excluding tert-OH is 1. The summed E-state index contributed by atoms with van der Waals surface area (Å²) in [5, 5.41) is 9.78. The van der Waals surface area contributed by atoms with Gasteiger partial charge in [-0.15, -0.1) is 0 Å². The minimum absolute atomic E-state index is 0.319. The third-order valence-electron chi connectivity index (χ3n) is 4.43. The molecule has 0 aliphatic carbocycles. The SMILES string of the molecule is CCC1(CC)ON[C@](COC(C)=O)([C@H](CO)OC(C)=O)[C@@H]1OC(C)=O. The summed E-state index contributed by atoms with van der Waals surface area (Å²) >= 11 is 0. The van der Waals surface area contributed by atoms with Crippen LogP contribution in [0.4, 0.5) is 0 Å². The lowest BCUT2D eigenvalue weighted by molar-refractivity contribution is -0.174. The first-order chi connectivity index (χ1) is 11.7. The zero-order valence-electron chi connectivity index (χ0n) is 15.3. The predicted octanol–water partition coefficient (Wildman–Crippen LogP) is 0.238. The van der Waals surface area contributed by atoms with Crippen molar-refractivity contribution in [3.8, 4) is 0 Å². The zero-order valence-corrected chi connectivity index (χ0v) is 15.3. The first-order valence-corrected chi connectivity index (χ1v) is 8.21. The largest absolute Gasteiger partial charge is 0.463 e. The van der Waals surface area contributed by atoms with Crippen molar-refractivity contribution in [2.75, 3.05) is 13.2 Å². The van der Waals surface area contributed by atoms with Crippen LogP contribution in [0.2, 0.25) is 0 Å². The molecule has 0 spiro atoms. The number of hydroxylamine groups is 1. The van der Waals surface area contributed by atoms with Crippen molar-refractivity contribution in [1.82, 2.24) is 5.48 Å². The summed E-state index contributed by atoms with van der Waals surface area (Å²) in [5.41, 5.74) is 0.367. The number of carbonyl (C=O) groups is 3. The molecule has 9 nitrogen and oxygen atoms in total. The summed E-state index contributed by atoms with van der Waals surface area (Å²) in [5.74, 6) is -1.79. The summed E-state index contributed by atoms with van der Waals surface area (Å²) in [7, 11) is 0. The fraction of sp³-hybridized carbons (Fsp3) is 0.812. The molecule has 0 aromatic rings. The van der Waals surface area contributed by atoms with Crippen LogP contribution in [0.25, 0.3) is 0 Å². The van der Waals surface area contributed by atoms with E-state index in [2.05, 4.69) is 5.48 Å². The highest BCUT2D eigenvalue weighted by Gasteiger charge is 2.64. The first kappa shape index (κ1) is 21.3. The molecule has 1 aliphatic rings. The van der Waals surface area contributed by atoms with Crippen molar-refractivity contribution in [3.05, 3.63) is 0 Å². The summed E-state index contributed by atoms with van der Waals surface area (Å²) in [6.45, 7) is 6.44. The lowest BCUT2D eigenvalue weighted by atomic mass is 9.77. The Morgan fingerprint density at radius 1 is 1.12 bits per heavy atom. The number of carbonyl (C=O) groups excluding carboxylic acids is 3. The highest BCUT2D eigenvalue weighted by atomic mass is 16.7. The Bertz CT molecular complexity index is 504. The zero-order chi connectivity index (χ0) is 19.3. The van der Waals surface area contributed by atoms with E-state index in [9.17, 15) is 19.5 Å². The molecule has 2 N–H and O–H groups in total. The van der Waals surface area contributed by atoms with Gasteiger partial charge in [0, 0.05) is 20.8 Å². The van der Waals surface area contributed by atoms with Crippen LogP contribution in [0.3, 0.4) is 0 Å². The van der Waals surface area contributed by atoms with E-state index in [1.54, 1.807) is 0 Å². The number of hydrogen-bond donors (Lipinski definition) is 2. The summed E-state index contributed by atoms with van der Waals surface area (Å²) in [4.78, 5) is 40.2. The van der Waals surface area contributed by atoms with Gasteiger partial charge in [0.1, 0.15) is 12.2 Å². The molecule has 1 heterocycles. The quantitative estimate of drug-likeness (QED) is 0.462. The molecule has 1 aliphatic heterocycles. The number of aliphatic hydroxyl groups is 1. The van der Waals surface area contributed by atoms with E-state index in [1.165, 1.54) is 20.8 Å². The molecular formula is C16H27NO8. The summed E-state index contributed by atoms with van der Waals surface area (Å²) < 4.78 is 15.8. The average molecular weight is 361 g/mol. The Kier molecular flexibility index (Phi) is 7.33. The predicted molar refractivity (Wildman–Crippen MR) is 85.1 cm³/mol. The van der Waals surface area contributed by atoms with Crippen molar-refractivity contribution in [3.63, 3.8) is 0 Å². The molecule has 9 heteroatoms. The van der Waals surface area contributed by atoms with Crippen molar-refractivity contribution >= 4 is 17.9 Å². The van der Waals surface area contributed by atoms with E-state index in [1.807, 2.05) is 13.8 Å². The smallest absolute Gasteiger partial charge is 0.303 e. The Morgan fingerprint density at radius 3 is 2.12 bits per heavy atom. The third-order valence-corrected chi connectivity index (χ3v) is 4.43. The molecule has 0 unspecified atom stereocenters. The van der Waals surface area contributed by atoms with Gasteiger partial charge in [0.25, 0.3) is 0 Å². The Balaban J connectivity index is 3.40. The van der Waals surface area contributed by atoms with Gasteiger partial charge in [-0.2, -0.15) is 5.48 Å². The van der Waals surface area contributed by atoms with Crippen LogP contribution in [-0.2, 0) is 33.4 Å². The number of esters is 3. The van der Waals surface area contributed by atoms with Crippen LogP contribution in [-0.4, -0.2) is 59.6 Å². The van der Waals surface area contributed by atoms with Gasteiger partial charge >= 0.3 is 17.9 Å². The molecule has 0 saturated carbocycles. The van der Waals surface area contributed by atoms with Gasteiger partial charge < -0.3 is 19.3 Å². The molecule has 1 saturated heterocycles. The minimum Gasteiger partial charge on any atom is -0.463 e. The monoisotopic (exact) mass is 361 g/mol. The molecule has 0 aromatic heterocycles. The topological polar surface area (TPSA) is 120 Å². The molecule has 1 rings (SSSR count). The van der Waals surface area contributed by atoms with E-state index >= 15 is 0 Å². The highest BCUT2D eigenvalue weighted by molar-refractivity contribution is 5.68. The van der Waals surface area contributed by atoms with Crippen molar-refractivity contribution in [2.45, 2.75) is 70.8 Å². The number of ether oxygens (including phenoxy) is 3. The maximum atomic E-state index is 11.7. The van der Waals surface area contributed by atoms with Gasteiger partial charge in [-0.05, 0) is 12.8 Å². The standard InChI is InChI=1S/C16H27NO8/c1-6-15(7-2)14(24-12(5)21)16(17-25-15,9-22-10(3)19)13(8-18)23-11(4)20/h13-14,17-18H,6-9H2,1-5H3/t13-,14+,16+/m0/s1. The first-order valence-electron chi connectivity index (χ1n) is 8.21. The molecule has 144 valence electrons. The van der Waals surface area contributed by atoms with E-state index in [0.29, 0.717) is 12.8 Å². The van der Waals surface area contributed by atoms with Gasteiger partial charge in [-0.3, -0.25) is 19.2 Å². The Hall–Kier alpha value is -1.71. The molecule has 1 fully saturated rings.